The van der Waals surface area contributed by atoms with Crippen molar-refractivity contribution in [1.82, 2.24) is 29.9 Å². The molecule has 1 unspecified atom stereocenters. The van der Waals surface area contributed by atoms with Gasteiger partial charge < -0.3 is 5.32 Å². The molecular weight excluding hydrogens is 454 g/mol. The molecule has 7 nitrogen and oxygen atoms in total. The number of halogens is 6. The van der Waals surface area contributed by atoms with Gasteiger partial charge in [0.05, 0.1) is 17.4 Å². The van der Waals surface area contributed by atoms with E-state index in [0.29, 0.717) is 30.2 Å². The number of aryl methyl sites for hydroxylation is 2. The maximum atomic E-state index is 13.0. The van der Waals surface area contributed by atoms with Crippen LogP contribution in [0.1, 0.15) is 58.4 Å². The fourth-order valence-electron chi connectivity index (χ4n) is 3.75. The van der Waals surface area contributed by atoms with E-state index in [1.54, 1.807) is 0 Å². The lowest BCUT2D eigenvalue weighted by atomic mass is 10.1. The van der Waals surface area contributed by atoms with Gasteiger partial charge in [-0.3, -0.25) is 14.5 Å². The van der Waals surface area contributed by atoms with E-state index in [2.05, 4.69) is 20.5 Å². The van der Waals surface area contributed by atoms with Crippen LogP contribution in [0.2, 0.25) is 0 Å². The molecule has 1 amide bonds. The summed E-state index contributed by atoms with van der Waals surface area (Å²) in [5.74, 6) is -0.741. The summed E-state index contributed by atoms with van der Waals surface area (Å²) in [6.45, 7) is 0. The van der Waals surface area contributed by atoms with Gasteiger partial charge in [0.2, 0.25) is 0 Å². The molecule has 0 aliphatic heterocycles. The summed E-state index contributed by atoms with van der Waals surface area (Å²) in [6, 6.07) is 2.35. The lowest BCUT2D eigenvalue weighted by Gasteiger charge is -2.16. The number of hydrogen-bond acceptors (Lipinski definition) is 4. The van der Waals surface area contributed by atoms with Crippen LogP contribution in [0.3, 0.4) is 0 Å². The summed E-state index contributed by atoms with van der Waals surface area (Å²) >= 11 is 0. The molecule has 1 N–H and O–H groups in total. The molecule has 176 valence electrons. The topological polar surface area (TPSA) is 77.6 Å². The number of rotatable bonds is 3. The average molecular weight is 472 g/mol. The minimum atomic E-state index is -4.69. The number of nitrogens with one attached hydrogen (secondary N) is 1. The summed E-state index contributed by atoms with van der Waals surface area (Å²) in [5, 5.41) is 10.5. The number of carbonyl (C=O) groups is 1. The number of fused-ring (bicyclic) bond motifs is 1. The fraction of sp³-hybridized carbons (Fsp3) is 0.400. The van der Waals surface area contributed by atoms with Crippen LogP contribution in [0.5, 0.6) is 0 Å². The molecule has 0 saturated heterocycles. The van der Waals surface area contributed by atoms with Crippen LogP contribution in [-0.4, -0.2) is 30.5 Å². The van der Waals surface area contributed by atoms with Gasteiger partial charge in [0.25, 0.3) is 5.91 Å². The third kappa shape index (κ3) is 4.71. The number of alkyl halides is 6. The van der Waals surface area contributed by atoms with Crippen molar-refractivity contribution in [2.45, 2.75) is 44.1 Å². The van der Waals surface area contributed by atoms with Gasteiger partial charge in [0, 0.05) is 31.1 Å². The van der Waals surface area contributed by atoms with Crippen LogP contribution < -0.4 is 5.32 Å². The predicted octanol–water partition coefficient (Wildman–Crippen LogP) is 4.24. The Morgan fingerprint density at radius 1 is 1.06 bits per heavy atom. The second kappa shape index (κ2) is 8.19. The quantitative estimate of drug-likeness (QED) is 0.457. The monoisotopic (exact) mass is 472 g/mol. The first-order valence-electron chi connectivity index (χ1n) is 9.97. The Morgan fingerprint density at radius 3 is 2.45 bits per heavy atom. The Bertz CT molecular complexity index is 1180. The van der Waals surface area contributed by atoms with Crippen LogP contribution in [0, 0.1) is 0 Å². The molecule has 0 fully saturated rings. The van der Waals surface area contributed by atoms with Crippen molar-refractivity contribution in [3.63, 3.8) is 0 Å². The normalized spacial score (nSPS) is 16.9. The zero-order chi connectivity index (χ0) is 24.0. The van der Waals surface area contributed by atoms with Crippen molar-refractivity contribution in [2.75, 3.05) is 0 Å². The molecule has 33 heavy (non-hydrogen) atoms. The molecule has 0 spiro atoms. The zero-order valence-corrected chi connectivity index (χ0v) is 17.2. The second-order valence-electron chi connectivity index (χ2n) is 7.68. The van der Waals surface area contributed by atoms with E-state index in [4.69, 9.17) is 0 Å². The molecule has 13 heteroatoms. The average Bonchev–Trinajstić information content (AvgIpc) is 3.29. The third-order valence-electron chi connectivity index (χ3n) is 5.36. The van der Waals surface area contributed by atoms with E-state index < -0.39 is 35.7 Å². The van der Waals surface area contributed by atoms with Gasteiger partial charge in [-0.25, -0.2) is 4.68 Å². The SMILES string of the molecule is Cn1nc(C(F)(F)F)cc1C(=O)NC1CCCCc2nn(-c3ccnc(C(F)(F)F)c3)cc21. The van der Waals surface area contributed by atoms with Crippen LogP contribution in [0.15, 0.2) is 30.6 Å². The van der Waals surface area contributed by atoms with Crippen molar-refractivity contribution < 1.29 is 31.1 Å². The smallest absolute Gasteiger partial charge is 0.344 e. The Labute approximate surface area is 183 Å². The van der Waals surface area contributed by atoms with E-state index in [1.807, 2.05) is 0 Å². The molecule has 3 heterocycles. The van der Waals surface area contributed by atoms with Crippen molar-refractivity contribution in [2.24, 2.45) is 7.05 Å². The molecular formula is C20H18F6N6O. The maximum absolute atomic E-state index is 13.0. The van der Waals surface area contributed by atoms with Gasteiger partial charge in [-0.2, -0.15) is 36.5 Å². The van der Waals surface area contributed by atoms with Gasteiger partial charge in [0.15, 0.2) is 5.69 Å². The highest BCUT2D eigenvalue weighted by atomic mass is 19.4. The zero-order valence-electron chi connectivity index (χ0n) is 17.2. The fourth-order valence-corrected chi connectivity index (χ4v) is 3.75. The highest BCUT2D eigenvalue weighted by Gasteiger charge is 2.36. The Morgan fingerprint density at radius 2 is 1.79 bits per heavy atom. The summed E-state index contributed by atoms with van der Waals surface area (Å²) in [5.41, 5.74) is -1.15. The van der Waals surface area contributed by atoms with E-state index in [1.165, 1.54) is 24.0 Å². The van der Waals surface area contributed by atoms with Gasteiger partial charge in [0.1, 0.15) is 11.4 Å². The van der Waals surface area contributed by atoms with Crippen LogP contribution in [0.4, 0.5) is 26.3 Å². The van der Waals surface area contributed by atoms with Crippen molar-refractivity contribution in [1.29, 1.82) is 0 Å². The number of aromatic nitrogens is 5. The predicted molar refractivity (Wildman–Crippen MR) is 102 cm³/mol. The molecule has 4 rings (SSSR count). The molecule has 1 atom stereocenters. The largest absolute Gasteiger partial charge is 0.435 e. The highest BCUT2D eigenvalue weighted by Crippen LogP contribution is 2.32. The van der Waals surface area contributed by atoms with Crippen LogP contribution in [0.25, 0.3) is 5.69 Å². The van der Waals surface area contributed by atoms with E-state index in [-0.39, 0.29) is 11.4 Å². The molecule has 3 aromatic heterocycles. The van der Waals surface area contributed by atoms with Crippen LogP contribution >= 0.6 is 0 Å². The van der Waals surface area contributed by atoms with Crippen LogP contribution in [-0.2, 0) is 25.8 Å². The van der Waals surface area contributed by atoms with Gasteiger partial charge >= 0.3 is 12.4 Å². The summed E-state index contributed by atoms with van der Waals surface area (Å²) in [7, 11) is 1.24. The van der Waals surface area contributed by atoms with Crippen molar-refractivity contribution in [3.8, 4) is 5.69 Å². The van der Waals surface area contributed by atoms with Gasteiger partial charge in [-0.15, -0.1) is 0 Å². The Balaban J connectivity index is 1.62. The number of hydrogen-bond donors (Lipinski definition) is 1. The molecule has 0 radical (unpaired) electrons. The van der Waals surface area contributed by atoms with Gasteiger partial charge in [-0.1, -0.05) is 6.42 Å². The third-order valence-corrected chi connectivity index (χ3v) is 5.36. The minimum Gasteiger partial charge on any atom is -0.344 e. The first-order valence-corrected chi connectivity index (χ1v) is 9.97. The van der Waals surface area contributed by atoms with Crippen molar-refractivity contribution in [3.05, 3.63) is 58.9 Å². The summed E-state index contributed by atoms with van der Waals surface area (Å²) in [6.07, 6.45) is -4.22. The van der Waals surface area contributed by atoms with E-state index in [0.717, 1.165) is 29.8 Å². The summed E-state index contributed by atoms with van der Waals surface area (Å²) in [4.78, 5) is 16.1. The summed E-state index contributed by atoms with van der Waals surface area (Å²) < 4.78 is 80.0. The molecule has 3 aromatic rings. The minimum absolute atomic E-state index is 0.150. The van der Waals surface area contributed by atoms with Gasteiger partial charge in [-0.05, 0) is 31.4 Å². The molecule has 1 aliphatic rings. The number of amides is 1. The lowest BCUT2D eigenvalue weighted by molar-refractivity contribution is -0.142. The molecule has 0 aromatic carbocycles. The molecule has 0 saturated carbocycles. The number of carbonyl (C=O) groups excluding carboxylic acids is 1. The lowest BCUT2D eigenvalue weighted by Crippen LogP contribution is -2.30. The maximum Gasteiger partial charge on any atom is 0.435 e. The Hall–Kier alpha value is -3.38. The molecule has 1 aliphatic carbocycles. The number of nitrogens with zero attached hydrogens (tertiary/aromatic N) is 5. The number of pyridine rings is 1. The first kappa shape index (κ1) is 22.8. The second-order valence-corrected chi connectivity index (χ2v) is 7.68. The Kier molecular flexibility index (Phi) is 5.66. The molecule has 0 bridgehead atoms. The highest BCUT2D eigenvalue weighted by molar-refractivity contribution is 5.93. The van der Waals surface area contributed by atoms with E-state index in [9.17, 15) is 31.1 Å². The first-order chi connectivity index (χ1) is 15.4. The van der Waals surface area contributed by atoms with E-state index >= 15 is 0 Å². The standard InChI is InChI=1S/C20H18F6N6O/c1-31-15(9-17(30-31)20(24,25)26)18(33)28-13-4-2-3-5-14-12(13)10-32(29-14)11-6-7-27-16(8-11)19(21,22)23/h6-10,13H,2-5H2,1H3,(H,28,33). The van der Waals surface area contributed by atoms with Crippen molar-refractivity contribution >= 4 is 5.91 Å².